The normalized spacial score (nSPS) is 14.0. The van der Waals surface area contributed by atoms with Gasteiger partial charge in [0.25, 0.3) is 0 Å². The van der Waals surface area contributed by atoms with Crippen LogP contribution in [0.1, 0.15) is 33.6 Å². The van der Waals surface area contributed by atoms with Gasteiger partial charge in [-0.1, -0.05) is 37.7 Å². The number of aromatic nitrogens is 3. The minimum atomic E-state index is -0.316. The molecular formula is C19H25FN4OS. The summed E-state index contributed by atoms with van der Waals surface area (Å²) in [4.78, 5) is 14.4. The van der Waals surface area contributed by atoms with Crippen LogP contribution >= 0.6 is 11.8 Å². The number of carbonyl (C=O) groups excluding carboxylic acids is 1. The van der Waals surface area contributed by atoms with Crippen molar-refractivity contribution in [1.29, 1.82) is 0 Å². The molecule has 26 heavy (non-hydrogen) atoms. The maximum Gasteiger partial charge on any atom is 0.233 e. The van der Waals surface area contributed by atoms with Gasteiger partial charge in [-0.3, -0.25) is 4.79 Å². The third-order valence-electron chi connectivity index (χ3n) is 4.35. The van der Waals surface area contributed by atoms with Crippen molar-refractivity contribution < 1.29 is 9.18 Å². The topological polar surface area (TPSA) is 51.0 Å². The molecule has 0 unspecified atom stereocenters. The Morgan fingerprint density at radius 1 is 1.35 bits per heavy atom. The number of nitrogens with zero attached hydrogens (tertiary/aromatic N) is 4. The number of halogens is 1. The molecule has 5 nitrogen and oxygen atoms in total. The molecule has 1 fully saturated rings. The van der Waals surface area contributed by atoms with E-state index >= 15 is 0 Å². The lowest BCUT2D eigenvalue weighted by Gasteiger charge is -2.20. The SMILES string of the molecule is CCN(C(=O)CSc1nnc(-c2ccccc2F)n1CC(C)C)C1CC1. The van der Waals surface area contributed by atoms with Crippen LogP contribution in [0.25, 0.3) is 11.4 Å². The smallest absolute Gasteiger partial charge is 0.233 e. The molecule has 0 saturated heterocycles. The Hall–Kier alpha value is -1.89. The molecule has 1 aliphatic carbocycles. The Kier molecular flexibility index (Phi) is 5.96. The highest BCUT2D eigenvalue weighted by Crippen LogP contribution is 2.29. The van der Waals surface area contributed by atoms with Gasteiger partial charge in [0.05, 0.1) is 11.3 Å². The fourth-order valence-electron chi connectivity index (χ4n) is 3.00. The second-order valence-corrected chi connectivity index (χ2v) is 7.93. The van der Waals surface area contributed by atoms with Gasteiger partial charge in [0.15, 0.2) is 11.0 Å². The summed E-state index contributed by atoms with van der Waals surface area (Å²) in [6.07, 6.45) is 2.20. The molecule has 0 bridgehead atoms. The molecule has 1 aromatic heterocycles. The van der Waals surface area contributed by atoms with Crippen LogP contribution in [0.4, 0.5) is 4.39 Å². The van der Waals surface area contributed by atoms with Gasteiger partial charge in [-0.05, 0) is 37.8 Å². The maximum absolute atomic E-state index is 14.2. The predicted molar refractivity (Wildman–Crippen MR) is 101 cm³/mol. The number of hydrogen-bond donors (Lipinski definition) is 0. The number of hydrogen-bond acceptors (Lipinski definition) is 4. The van der Waals surface area contributed by atoms with Gasteiger partial charge in [0.1, 0.15) is 5.82 Å². The number of carbonyl (C=O) groups is 1. The molecule has 2 aromatic rings. The van der Waals surface area contributed by atoms with Crippen LogP contribution in [0.5, 0.6) is 0 Å². The summed E-state index contributed by atoms with van der Waals surface area (Å²) in [5.74, 6) is 1.01. The van der Waals surface area contributed by atoms with Crippen molar-refractivity contribution in [3.63, 3.8) is 0 Å². The minimum Gasteiger partial charge on any atom is -0.339 e. The molecule has 1 amide bonds. The van der Waals surface area contributed by atoms with Crippen molar-refractivity contribution in [2.24, 2.45) is 5.92 Å². The number of amides is 1. The first kappa shape index (κ1) is 18.9. The quantitative estimate of drug-likeness (QED) is 0.657. The molecule has 0 atom stereocenters. The van der Waals surface area contributed by atoms with E-state index in [4.69, 9.17) is 0 Å². The van der Waals surface area contributed by atoms with Gasteiger partial charge in [-0.15, -0.1) is 10.2 Å². The third kappa shape index (κ3) is 4.26. The highest BCUT2D eigenvalue weighted by atomic mass is 32.2. The molecule has 0 aliphatic heterocycles. The van der Waals surface area contributed by atoms with Crippen LogP contribution < -0.4 is 0 Å². The van der Waals surface area contributed by atoms with Gasteiger partial charge >= 0.3 is 0 Å². The van der Waals surface area contributed by atoms with Gasteiger partial charge < -0.3 is 9.47 Å². The third-order valence-corrected chi connectivity index (χ3v) is 5.30. The van der Waals surface area contributed by atoms with Gasteiger partial charge in [0.2, 0.25) is 5.91 Å². The molecule has 3 rings (SSSR count). The van der Waals surface area contributed by atoms with Gasteiger partial charge in [-0.25, -0.2) is 4.39 Å². The fourth-order valence-corrected chi connectivity index (χ4v) is 3.83. The molecule has 1 aromatic carbocycles. The lowest BCUT2D eigenvalue weighted by atomic mass is 10.2. The fraction of sp³-hybridized carbons (Fsp3) is 0.526. The van der Waals surface area contributed by atoms with Crippen molar-refractivity contribution in [3.8, 4) is 11.4 Å². The largest absolute Gasteiger partial charge is 0.339 e. The summed E-state index contributed by atoms with van der Waals surface area (Å²) in [5.41, 5.74) is 0.437. The second kappa shape index (κ2) is 8.20. The molecule has 140 valence electrons. The molecular weight excluding hydrogens is 351 g/mol. The predicted octanol–water partition coefficient (Wildman–Crippen LogP) is 3.84. The standard InChI is InChI=1S/C19H25FN4OS/c1-4-23(14-9-10-14)17(25)12-26-19-22-21-18(24(19)11-13(2)3)15-7-5-6-8-16(15)20/h5-8,13-14H,4,9-12H2,1-3H3. The van der Waals surface area contributed by atoms with E-state index in [0.29, 0.717) is 40.8 Å². The van der Waals surface area contributed by atoms with Crippen molar-refractivity contribution in [2.45, 2.75) is 51.4 Å². The van der Waals surface area contributed by atoms with E-state index in [9.17, 15) is 9.18 Å². The van der Waals surface area contributed by atoms with E-state index in [0.717, 1.165) is 19.4 Å². The van der Waals surface area contributed by atoms with Crippen molar-refractivity contribution in [1.82, 2.24) is 19.7 Å². The average molecular weight is 377 g/mol. The first-order valence-electron chi connectivity index (χ1n) is 9.11. The summed E-state index contributed by atoms with van der Waals surface area (Å²) in [6.45, 7) is 7.61. The van der Waals surface area contributed by atoms with E-state index in [1.54, 1.807) is 18.2 Å². The lowest BCUT2D eigenvalue weighted by molar-refractivity contribution is -0.128. The maximum atomic E-state index is 14.2. The monoisotopic (exact) mass is 376 g/mol. The Morgan fingerprint density at radius 3 is 2.69 bits per heavy atom. The van der Waals surface area contributed by atoms with Crippen LogP contribution in [0, 0.1) is 11.7 Å². The average Bonchev–Trinajstić information content (AvgIpc) is 3.36. The number of thioether (sulfide) groups is 1. The van der Waals surface area contributed by atoms with E-state index < -0.39 is 0 Å². The minimum absolute atomic E-state index is 0.131. The zero-order valence-electron chi connectivity index (χ0n) is 15.5. The van der Waals surface area contributed by atoms with Gasteiger partial charge in [0, 0.05) is 19.1 Å². The second-order valence-electron chi connectivity index (χ2n) is 6.99. The lowest BCUT2D eigenvalue weighted by Crippen LogP contribution is -2.34. The van der Waals surface area contributed by atoms with E-state index in [1.807, 2.05) is 16.4 Å². The number of benzene rings is 1. The van der Waals surface area contributed by atoms with Crippen LogP contribution in [0.15, 0.2) is 29.4 Å². The summed E-state index contributed by atoms with van der Waals surface area (Å²) >= 11 is 1.38. The molecule has 0 N–H and O–H groups in total. The first-order chi connectivity index (χ1) is 12.5. The Bertz CT molecular complexity index is 773. The summed E-state index contributed by atoms with van der Waals surface area (Å²) in [6, 6.07) is 7.00. The zero-order valence-corrected chi connectivity index (χ0v) is 16.3. The van der Waals surface area contributed by atoms with E-state index in [1.165, 1.54) is 17.8 Å². The van der Waals surface area contributed by atoms with Crippen LogP contribution in [-0.2, 0) is 11.3 Å². The summed E-state index contributed by atoms with van der Waals surface area (Å²) in [7, 11) is 0. The van der Waals surface area contributed by atoms with Crippen molar-refractivity contribution in [2.75, 3.05) is 12.3 Å². The molecule has 0 radical (unpaired) electrons. The highest BCUT2D eigenvalue weighted by molar-refractivity contribution is 7.99. The highest BCUT2D eigenvalue weighted by Gasteiger charge is 2.31. The summed E-state index contributed by atoms with van der Waals surface area (Å²) in [5, 5.41) is 9.12. The van der Waals surface area contributed by atoms with Crippen LogP contribution in [0.3, 0.4) is 0 Å². The summed E-state index contributed by atoms with van der Waals surface area (Å²) < 4.78 is 16.1. The van der Waals surface area contributed by atoms with Gasteiger partial charge in [-0.2, -0.15) is 0 Å². The Balaban J connectivity index is 1.80. The van der Waals surface area contributed by atoms with Crippen molar-refractivity contribution in [3.05, 3.63) is 30.1 Å². The van der Waals surface area contributed by atoms with E-state index in [2.05, 4.69) is 24.0 Å². The Morgan fingerprint density at radius 2 is 2.08 bits per heavy atom. The Labute approximate surface area is 158 Å². The van der Waals surface area contributed by atoms with Crippen molar-refractivity contribution >= 4 is 17.7 Å². The molecule has 7 heteroatoms. The molecule has 1 heterocycles. The molecule has 1 saturated carbocycles. The van der Waals surface area contributed by atoms with E-state index in [-0.39, 0.29) is 11.7 Å². The zero-order chi connectivity index (χ0) is 18.7. The number of rotatable bonds is 8. The molecule has 0 spiro atoms. The molecule has 1 aliphatic rings. The van der Waals surface area contributed by atoms with Crippen LogP contribution in [0.2, 0.25) is 0 Å². The van der Waals surface area contributed by atoms with Crippen LogP contribution in [-0.4, -0.2) is 43.9 Å². The first-order valence-corrected chi connectivity index (χ1v) is 10.1.